The van der Waals surface area contributed by atoms with Gasteiger partial charge in [-0.05, 0) is 24.6 Å². The lowest BCUT2D eigenvalue weighted by molar-refractivity contribution is 0.502. The summed E-state index contributed by atoms with van der Waals surface area (Å²) in [5, 5.41) is 8.51. The van der Waals surface area contributed by atoms with Crippen LogP contribution in [0.1, 0.15) is 12.3 Å². The zero-order valence-electron chi connectivity index (χ0n) is 8.79. The van der Waals surface area contributed by atoms with E-state index in [4.69, 9.17) is 27.6 Å². The summed E-state index contributed by atoms with van der Waals surface area (Å²) in [6, 6.07) is 5.49. The molecular weight excluding hydrogens is 327 g/mol. The highest BCUT2D eigenvalue weighted by Gasteiger charge is 2.12. The van der Waals surface area contributed by atoms with Crippen LogP contribution in [0.4, 0.5) is 0 Å². The Balaban J connectivity index is 2.27. The van der Waals surface area contributed by atoms with Gasteiger partial charge in [0, 0.05) is 16.8 Å². The molecular formula is C11H9BrCl2N2O. The van der Waals surface area contributed by atoms with E-state index in [9.17, 15) is 0 Å². The number of benzene rings is 1. The molecule has 0 saturated carbocycles. The van der Waals surface area contributed by atoms with Gasteiger partial charge in [-0.1, -0.05) is 27.5 Å². The zero-order chi connectivity index (χ0) is 12.3. The van der Waals surface area contributed by atoms with E-state index in [-0.39, 0.29) is 0 Å². The summed E-state index contributed by atoms with van der Waals surface area (Å²) in [6.07, 6.45) is 1.50. The summed E-state index contributed by atoms with van der Waals surface area (Å²) in [6.45, 7) is 0. The quantitative estimate of drug-likeness (QED) is 0.781. The van der Waals surface area contributed by atoms with Crippen molar-refractivity contribution >= 4 is 39.1 Å². The number of nitrogens with zero attached hydrogens (tertiary/aromatic N) is 2. The highest BCUT2D eigenvalue weighted by Crippen LogP contribution is 2.29. The molecule has 90 valence electrons. The number of alkyl halides is 1. The first-order valence-electron chi connectivity index (χ1n) is 5.04. The molecule has 0 spiro atoms. The van der Waals surface area contributed by atoms with E-state index in [0.29, 0.717) is 29.1 Å². The molecule has 0 N–H and O–H groups in total. The lowest BCUT2D eigenvalue weighted by Crippen LogP contribution is -1.85. The van der Waals surface area contributed by atoms with Gasteiger partial charge in [-0.25, -0.2) is 0 Å². The van der Waals surface area contributed by atoms with Crippen molar-refractivity contribution in [1.29, 1.82) is 0 Å². The fraction of sp³-hybridized carbons (Fsp3) is 0.273. The van der Waals surface area contributed by atoms with Crippen LogP contribution in [0.15, 0.2) is 27.1 Å². The highest BCUT2D eigenvalue weighted by molar-refractivity contribution is 9.10. The minimum atomic E-state index is 0.431. The molecule has 6 heteroatoms. The topological polar surface area (TPSA) is 38.9 Å². The van der Waals surface area contributed by atoms with E-state index in [0.717, 1.165) is 16.5 Å². The summed E-state index contributed by atoms with van der Waals surface area (Å²) >= 11 is 15.1. The summed E-state index contributed by atoms with van der Waals surface area (Å²) < 4.78 is 6.44. The van der Waals surface area contributed by atoms with Crippen LogP contribution in [0.3, 0.4) is 0 Å². The average molecular weight is 336 g/mol. The fourth-order valence-electron chi connectivity index (χ4n) is 1.34. The van der Waals surface area contributed by atoms with Crippen molar-refractivity contribution in [3.05, 3.63) is 33.6 Å². The Morgan fingerprint density at radius 1 is 1.29 bits per heavy atom. The van der Waals surface area contributed by atoms with Crippen LogP contribution in [0, 0.1) is 0 Å². The molecule has 1 aromatic carbocycles. The summed E-state index contributed by atoms with van der Waals surface area (Å²) in [5.74, 6) is 1.59. The van der Waals surface area contributed by atoms with E-state index in [1.807, 2.05) is 12.1 Å². The minimum absolute atomic E-state index is 0.431. The van der Waals surface area contributed by atoms with Crippen LogP contribution in [0.2, 0.25) is 5.02 Å². The zero-order valence-corrected chi connectivity index (χ0v) is 11.9. The van der Waals surface area contributed by atoms with Gasteiger partial charge in [-0.3, -0.25) is 0 Å². The van der Waals surface area contributed by atoms with E-state index >= 15 is 0 Å². The summed E-state index contributed by atoms with van der Waals surface area (Å²) in [4.78, 5) is 0. The van der Waals surface area contributed by atoms with Crippen LogP contribution in [-0.4, -0.2) is 16.1 Å². The molecule has 1 heterocycles. The third kappa shape index (κ3) is 3.21. The van der Waals surface area contributed by atoms with Gasteiger partial charge >= 0.3 is 0 Å². The standard InChI is InChI=1S/C11H9BrCl2N2O/c12-7-3-4-9(14)8(6-7)11-16-15-10(17-11)2-1-5-13/h3-4,6H,1-2,5H2. The predicted molar refractivity (Wildman–Crippen MR) is 71.5 cm³/mol. The molecule has 0 aliphatic carbocycles. The second-order valence-corrected chi connectivity index (χ2v) is 5.12. The predicted octanol–water partition coefficient (Wildman–Crippen LogP) is 4.32. The Labute approximate surface area is 117 Å². The first kappa shape index (κ1) is 12.9. The monoisotopic (exact) mass is 334 g/mol. The maximum Gasteiger partial charge on any atom is 0.249 e. The number of aryl methyl sites for hydroxylation is 1. The van der Waals surface area contributed by atoms with Gasteiger partial charge in [-0.15, -0.1) is 21.8 Å². The van der Waals surface area contributed by atoms with E-state index in [1.54, 1.807) is 6.07 Å². The van der Waals surface area contributed by atoms with Gasteiger partial charge in [0.25, 0.3) is 0 Å². The number of hydrogen-bond donors (Lipinski definition) is 0. The Morgan fingerprint density at radius 3 is 2.88 bits per heavy atom. The molecule has 2 rings (SSSR count). The molecule has 0 atom stereocenters. The van der Waals surface area contributed by atoms with Crippen molar-refractivity contribution < 1.29 is 4.42 Å². The van der Waals surface area contributed by atoms with Crippen LogP contribution < -0.4 is 0 Å². The van der Waals surface area contributed by atoms with Gasteiger partial charge in [0.05, 0.1) is 10.6 Å². The van der Waals surface area contributed by atoms with Crippen LogP contribution >= 0.6 is 39.1 Å². The number of aromatic nitrogens is 2. The molecule has 3 nitrogen and oxygen atoms in total. The minimum Gasteiger partial charge on any atom is -0.421 e. The van der Waals surface area contributed by atoms with Gasteiger partial charge in [0.2, 0.25) is 11.8 Å². The molecule has 17 heavy (non-hydrogen) atoms. The van der Waals surface area contributed by atoms with Crippen molar-refractivity contribution in [2.75, 3.05) is 5.88 Å². The van der Waals surface area contributed by atoms with Crippen molar-refractivity contribution in [3.63, 3.8) is 0 Å². The van der Waals surface area contributed by atoms with Crippen LogP contribution in [0.5, 0.6) is 0 Å². The molecule has 0 fully saturated rings. The average Bonchev–Trinajstić information content (AvgIpc) is 2.78. The van der Waals surface area contributed by atoms with Crippen molar-refractivity contribution in [2.24, 2.45) is 0 Å². The Hall–Kier alpha value is -0.580. The molecule has 0 aliphatic heterocycles. The first-order chi connectivity index (χ1) is 8.20. The summed E-state index contributed by atoms with van der Waals surface area (Å²) in [5.41, 5.74) is 0.727. The van der Waals surface area contributed by atoms with E-state index in [2.05, 4.69) is 26.1 Å². The number of hydrogen-bond acceptors (Lipinski definition) is 3. The Kier molecular flexibility index (Phi) is 4.42. The van der Waals surface area contributed by atoms with Crippen molar-refractivity contribution in [2.45, 2.75) is 12.8 Å². The maximum atomic E-state index is 6.07. The first-order valence-corrected chi connectivity index (χ1v) is 6.75. The van der Waals surface area contributed by atoms with Crippen LogP contribution in [0.25, 0.3) is 11.5 Å². The fourth-order valence-corrected chi connectivity index (χ4v) is 2.04. The number of halogens is 3. The smallest absolute Gasteiger partial charge is 0.249 e. The van der Waals surface area contributed by atoms with Gasteiger partial charge in [-0.2, -0.15) is 0 Å². The van der Waals surface area contributed by atoms with Crippen molar-refractivity contribution in [3.8, 4) is 11.5 Å². The largest absolute Gasteiger partial charge is 0.421 e. The normalized spacial score (nSPS) is 10.8. The Bertz CT molecular complexity index is 516. The molecule has 0 unspecified atom stereocenters. The number of rotatable bonds is 4. The van der Waals surface area contributed by atoms with Crippen LogP contribution in [-0.2, 0) is 6.42 Å². The van der Waals surface area contributed by atoms with Crippen molar-refractivity contribution in [1.82, 2.24) is 10.2 Å². The van der Waals surface area contributed by atoms with Gasteiger partial charge in [0.1, 0.15) is 0 Å². The maximum absolute atomic E-state index is 6.07. The van der Waals surface area contributed by atoms with Gasteiger partial charge < -0.3 is 4.42 Å². The molecule has 0 amide bonds. The second-order valence-electron chi connectivity index (χ2n) is 3.42. The Morgan fingerprint density at radius 2 is 2.12 bits per heavy atom. The molecule has 2 aromatic rings. The van der Waals surface area contributed by atoms with E-state index in [1.165, 1.54) is 0 Å². The lowest BCUT2D eigenvalue weighted by Gasteiger charge is -1.99. The SMILES string of the molecule is ClCCCc1nnc(-c2cc(Br)ccc2Cl)o1. The van der Waals surface area contributed by atoms with E-state index < -0.39 is 0 Å². The second kappa shape index (κ2) is 5.85. The summed E-state index contributed by atoms with van der Waals surface area (Å²) in [7, 11) is 0. The highest BCUT2D eigenvalue weighted by atomic mass is 79.9. The third-order valence-corrected chi connectivity index (χ3v) is 3.24. The molecule has 1 aromatic heterocycles. The third-order valence-electron chi connectivity index (χ3n) is 2.15. The lowest BCUT2D eigenvalue weighted by atomic mass is 10.2. The van der Waals surface area contributed by atoms with Gasteiger partial charge in [0.15, 0.2) is 0 Å². The molecule has 0 aliphatic rings. The molecule has 0 bridgehead atoms. The molecule has 0 saturated heterocycles. The molecule has 0 radical (unpaired) electrons.